The molecule has 23 heavy (non-hydrogen) atoms. The van der Waals surface area contributed by atoms with E-state index in [9.17, 15) is 9.59 Å². The first-order valence-electron chi connectivity index (χ1n) is 8.55. The highest BCUT2D eigenvalue weighted by Crippen LogP contribution is 2.19. The fraction of sp³-hybridized carbons (Fsp3) is 0.556. The average molecular weight is 316 g/mol. The van der Waals surface area contributed by atoms with E-state index in [1.807, 2.05) is 17.9 Å². The summed E-state index contributed by atoms with van der Waals surface area (Å²) < 4.78 is 0. The van der Waals surface area contributed by atoms with Crippen molar-refractivity contribution >= 4 is 11.8 Å². The minimum atomic E-state index is -0.198. The van der Waals surface area contributed by atoms with Crippen molar-refractivity contribution in [2.75, 3.05) is 19.6 Å². The van der Waals surface area contributed by atoms with Crippen molar-refractivity contribution in [2.45, 2.75) is 38.8 Å². The van der Waals surface area contributed by atoms with Gasteiger partial charge in [0.2, 0.25) is 5.91 Å². The Labute approximate surface area is 137 Å². The molecule has 0 bridgehead atoms. The van der Waals surface area contributed by atoms with Gasteiger partial charge in [-0.15, -0.1) is 0 Å². The molecule has 0 aromatic heterocycles. The Morgan fingerprint density at radius 2 is 1.87 bits per heavy atom. The van der Waals surface area contributed by atoms with E-state index in [0.29, 0.717) is 0 Å². The molecule has 1 aromatic carbocycles. The Morgan fingerprint density at radius 3 is 2.52 bits per heavy atom. The van der Waals surface area contributed by atoms with Gasteiger partial charge in [0.05, 0.1) is 13.1 Å². The highest BCUT2D eigenvalue weighted by atomic mass is 16.2. The summed E-state index contributed by atoms with van der Waals surface area (Å²) in [6, 6.07) is 8.32. The van der Waals surface area contributed by atoms with Crippen LogP contribution in [0, 0.1) is 5.92 Å². The van der Waals surface area contributed by atoms with Gasteiger partial charge < -0.3 is 15.5 Å². The zero-order valence-electron chi connectivity index (χ0n) is 13.8. The maximum Gasteiger partial charge on any atom is 0.280 e. The number of carbonyl (C=O) groups excluding carboxylic acids is 2. The van der Waals surface area contributed by atoms with Crippen LogP contribution >= 0.6 is 0 Å². The molecule has 1 saturated heterocycles. The maximum atomic E-state index is 12.8. The lowest BCUT2D eigenvalue weighted by Crippen LogP contribution is -3.17. The highest BCUT2D eigenvalue weighted by molar-refractivity contribution is 5.80. The molecule has 1 atom stereocenters. The second kappa shape index (κ2) is 6.71. The van der Waals surface area contributed by atoms with Crippen molar-refractivity contribution in [1.82, 2.24) is 4.90 Å². The monoisotopic (exact) mass is 316 g/mol. The van der Waals surface area contributed by atoms with Gasteiger partial charge in [-0.2, -0.15) is 0 Å². The third-order valence-corrected chi connectivity index (χ3v) is 5.46. The fourth-order valence-electron chi connectivity index (χ4n) is 3.84. The Hall–Kier alpha value is -1.88. The Balaban J connectivity index is 1.59. The summed E-state index contributed by atoms with van der Waals surface area (Å²) >= 11 is 0. The molecule has 2 aliphatic rings. The summed E-state index contributed by atoms with van der Waals surface area (Å²) in [5.41, 5.74) is 8.01. The predicted molar refractivity (Wildman–Crippen MR) is 87.6 cm³/mol. The van der Waals surface area contributed by atoms with Crippen LogP contribution in [0.1, 0.15) is 30.9 Å². The topological polar surface area (TPSA) is 67.8 Å². The number of nitrogens with two attached hydrogens (primary N) is 1. The van der Waals surface area contributed by atoms with Gasteiger partial charge >= 0.3 is 0 Å². The molecule has 2 amide bonds. The summed E-state index contributed by atoms with van der Waals surface area (Å²) in [5, 5.41) is 0. The summed E-state index contributed by atoms with van der Waals surface area (Å²) in [4.78, 5) is 27.4. The summed E-state index contributed by atoms with van der Waals surface area (Å²) in [7, 11) is 0. The SMILES string of the molecule is C[C@@H](C(=O)N1CCc2ccccc2C1)[NH+]1CCC(C(N)=O)CC1. The molecular weight excluding hydrogens is 290 g/mol. The first-order valence-corrected chi connectivity index (χ1v) is 8.55. The fourth-order valence-corrected chi connectivity index (χ4v) is 3.84. The van der Waals surface area contributed by atoms with Crippen LogP contribution in [0.3, 0.4) is 0 Å². The van der Waals surface area contributed by atoms with Crippen LogP contribution in [-0.2, 0) is 22.6 Å². The molecule has 3 rings (SSSR count). The number of quaternary nitrogens is 1. The number of benzene rings is 1. The number of likely N-dealkylation sites (tertiary alicyclic amines) is 1. The molecule has 2 aliphatic heterocycles. The molecule has 0 unspecified atom stereocenters. The third-order valence-electron chi connectivity index (χ3n) is 5.46. The zero-order chi connectivity index (χ0) is 16.4. The van der Waals surface area contributed by atoms with E-state index in [1.165, 1.54) is 16.0 Å². The number of nitrogens with zero attached hydrogens (tertiary/aromatic N) is 1. The van der Waals surface area contributed by atoms with Gasteiger partial charge in [-0.1, -0.05) is 24.3 Å². The van der Waals surface area contributed by atoms with Crippen LogP contribution in [-0.4, -0.2) is 42.4 Å². The van der Waals surface area contributed by atoms with Gasteiger partial charge in [0.25, 0.3) is 5.91 Å². The van der Waals surface area contributed by atoms with E-state index in [0.717, 1.165) is 45.4 Å². The van der Waals surface area contributed by atoms with E-state index in [4.69, 9.17) is 5.73 Å². The number of fused-ring (bicyclic) bond motifs is 1. The van der Waals surface area contributed by atoms with E-state index in [-0.39, 0.29) is 23.8 Å². The van der Waals surface area contributed by atoms with Crippen LogP contribution in [0.15, 0.2) is 24.3 Å². The minimum absolute atomic E-state index is 0.0112. The van der Waals surface area contributed by atoms with Gasteiger partial charge in [-0.05, 0) is 24.5 Å². The van der Waals surface area contributed by atoms with Crippen molar-refractivity contribution in [1.29, 1.82) is 0 Å². The standard InChI is InChI=1S/C18H25N3O2/c1-13(20-9-7-15(8-10-20)17(19)22)18(23)21-11-6-14-4-2-3-5-16(14)12-21/h2-5,13,15H,6-12H2,1H3,(H2,19,22)/p+1/t13-/m0/s1. The van der Waals surface area contributed by atoms with Gasteiger partial charge in [-0.25, -0.2) is 0 Å². The van der Waals surface area contributed by atoms with E-state index in [2.05, 4.69) is 18.2 Å². The van der Waals surface area contributed by atoms with Crippen molar-refractivity contribution in [3.8, 4) is 0 Å². The van der Waals surface area contributed by atoms with Gasteiger partial charge in [-0.3, -0.25) is 9.59 Å². The third kappa shape index (κ3) is 3.39. The number of nitrogens with one attached hydrogen (secondary N) is 1. The van der Waals surface area contributed by atoms with Crippen molar-refractivity contribution in [3.05, 3.63) is 35.4 Å². The van der Waals surface area contributed by atoms with E-state index >= 15 is 0 Å². The number of rotatable bonds is 3. The second-order valence-corrected chi connectivity index (χ2v) is 6.84. The molecule has 0 radical (unpaired) electrons. The Kier molecular flexibility index (Phi) is 4.66. The lowest BCUT2D eigenvalue weighted by Gasteiger charge is -2.35. The van der Waals surface area contributed by atoms with E-state index in [1.54, 1.807) is 0 Å². The molecule has 0 aliphatic carbocycles. The molecule has 1 aromatic rings. The molecule has 0 spiro atoms. The van der Waals surface area contributed by atoms with Crippen molar-refractivity contribution < 1.29 is 14.5 Å². The first-order chi connectivity index (χ1) is 11.1. The number of amides is 2. The second-order valence-electron chi connectivity index (χ2n) is 6.84. The molecule has 2 heterocycles. The largest absolute Gasteiger partial charge is 0.369 e. The quantitative estimate of drug-likeness (QED) is 0.807. The molecule has 124 valence electrons. The van der Waals surface area contributed by atoms with Crippen LogP contribution in [0.4, 0.5) is 0 Å². The van der Waals surface area contributed by atoms with Crippen LogP contribution < -0.4 is 10.6 Å². The normalized spacial score (nSPS) is 25.5. The summed E-state index contributed by atoms with van der Waals surface area (Å²) in [6.07, 6.45) is 2.53. The average Bonchev–Trinajstić information content (AvgIpc) is 2.60. The Bertz CT molecular complexity index is 594. The molecule has 3 N–H and O–H groups in total. The number of hydrogen-bond donors (Lipinski definition) is 2. The molecule has 0 saturated carbocycles. The van der Waals surface area contributed by atoms with Crippen LogP contribution in [0.2, 0.25) is 0 Å². The molecular formula is C18H26N3O2+. The highest BCUT2D eigenvalue weighted by Gasteiger charge is 2.34. The number of hydrogen-bond acceptors (Lipinski definition) is 2. The number of piperidine rings is 1. The molecule has 5 nitrogen and oxygen atoms in total. The number of primary amides is 1. The summed E-state index contributed by atoms with van der Waals surface area (Å²) in [5.74, 6) is 0.0191. The maximum absolute atomic E-state index is 12.8. The van der Waals surface area contributed by atoms with Crippen molar-refractivity contribution in [3.63, 3.8) is 0 Å². The minimum Gasteiger partial charge on any atom is -0.369 e. The van der Waals surface area contributed by atoms with Gasteiger partial charge in [0, 0.05) is 31.8 Å². The smallest absolute Gasteiger partial charge is 0.280 e. The molecule has 5 heteroatoms. The lowest BCUT2D eigenvalue weighted by atomic mass is 9.95. The van der Waals surface area contributed by atoms with Gasteiger partial charge in [0.1, 0.15) is 0 Å². The van der Waals surface area contributed by atoms with Crippen molar-refractivity contribution in [2.24, 2.45) is 11.7 Å². The molecule has 1 fully saturated rings. The van der Waals surface area contributed by atoms with Crippen LogP contribution in [0.25, 0.3) is 0 Å². The number of carbonyl (C=O) groups is 2. The summed E-state index contributed by atoms with van der Waals surface area (Å²) in [6.45, 7) is 5.24. The first kappa shape index (κ1) is 16.0. The predicted octanol–water partition coefficient (Wildman–Crippen LogP) is -0.260. The van der Waals surface area contributed by atoms with Gasteiger partial charge in [0.15, 0.2) is 6.04 Å². The zero-order valence-corrected chi connectivity index (χ0v) is 13.8. The van der Waals surface area contributed by atoms with E-state index < -0.39 is 0 Å². The Morgan fingerprint density at radius 1 is 1.22 bits per heavy atom. The van der Waals surface area contributed by atoms with Crippen LogP contribution in [0.5, 0.6) is 0 Å². The lowest BCUT2D eigenvalue weighted by molar-refractivity contribution is -0.920.